The van der Waals surface area contributed by atoms with Crippen molar-refractivity contribution in [3.05, 3.63) is 0 Å². The normalized spacial score (nSPS) is 20.7. The number of unbranched alkanes of at least 4 members (excludes halogenated alkanes) is 6. The average Bonchev–Trinajstić information content (AvgIpc) is 2.37. The van der Waals surface area contributed by atoms with E-state index in [9.17, 15) is 13.2 Å². The number of hydrogen-bond acceptors (Lipinski definition) is 3. The fraction of sp³-hybridized carbons (Fsp3) is 1.00. The molecule has 1 fully saturated rings. The van der Waals surface area contributed by atoms with E-state index in [0.717, 1.165) is 44.9 Å². The highest BCUT2D eigenvalue weighted by molar-refractivity contribution is 4.58. The van der Waals surface area contributed by atoms with Crippen LogP contribution >= 0.6 is 0 Å². The molecule has 1 rings (SSSR count). The Bertz CT molecular complexity index is 216. The van der Waals surface area contributed by atoms with Crippen LogP contribution in [-0.2, 0) is 14.8 Å². The Morgan fingerprint density at radius 3 is 2.11 bits per heavy atom. The van der Waals surface area contributed by atoms with E-state index in [1.807, 2.05) is 0 Å². The molecule has 1 unspecified atom stereocenters. The first-order valence-electron chi connectivity index (χ1n) is 7.09. The van der Waals surface area contributed by atoms with Crippen LogP contribution in [0.25, 0.3) is 0 Å². The van der Waals surface area contributed by atoms with E-state index in [0.29, 0.717) is 13.0 Å². The summed E-state index contributed by atoms with van der Waals surface area (Å²) in [4.78, 5) is 9.54. The summed E-state index contributed by atoms with van der Waals surface area (Å²) >= 11 is 0. The third-order valence-corrected chi connectivity index (χ3v) is 3.23. The van der Waals surface area contributed by atoms with Crippen LogP contribution in [0.5, 0.6) is 0 Å². The molecule has 0 aromatic rings. The molecule has 1 atom stereocenters. The summed E-state index contributed by atoms with van der Waals surface area (Å²) in [5.41, 5.74) is 0. The van der Waals surface area contributed by atoms with Crippen LogP contribution in [0.4, 0.5) is 13.2 Å². The van der Waals surface area contributed by atoms with Gasteiger partial charge < -0.3 is 0 Å². The van der Waals surface area contributed by atoms with Gasteiger partial charge in [-0.1, -0.05) is 43.6 Å². The predicted octanol–water partition coefficient (Wildman–Crippen LogP) is 4.71. The SMILES string of the molecule is FC(F)(F)CCCCCCCCCC1CCOOO1. The molecule has 3 nitrogen and oxygen atoms in total. The topological polar surface area (TPSA) is 27.7 Å². The van der Waals surface area contributed by atoms with Gasteiger partial charge in [-0.15, -0.1) is 0 Å². The molecule has 0 aliphatic carbocycles. The summed E-state index contributed by atoms with van der Waals surface area (Å²) in [6, 6.07) is 0. The van der Waals surface area contributed by atoms with E-state index in [4.69, 9.17) is 4.89 Å². The lowest BCUT2D eigenvalue weighted by molar-refractivity contribution is -0.549. The molecule has 1 heterocycles. The molecule has 6 heteroatoms. The molecule has 0 bridgehead atoms. The molecule has 0 spiro atoms. The van der Waals surface area contributed by atoms with Crippen molar-refractivity contribution < 1.29 is 28.0 Å². The van der Waals surface area contributed by atoms with E-state index in [1.54, 1.807) is 0 Å². The summed E-state index contributed by atoms with van der Waals surface area (Å²) < 4.78 is 35.6. The minimum absolute atomic E-state index is 0.125. The molecule has 0 saturated carbocycles. The number of hydrogen-bond donors (Lipinski definition) is 0. The van der Waals surface area contributed by atoms with Gasteiger partial charge in [-0.3, -0.25) is 0 Å². The summed E-state index contributed by atoms with van der Waals surface area (Å²) in [6.45, 7) is 0.573. The van der Waals surface area contributed by atoms with E-state index in [2.05, 4.69) is 9.93 Å². The van der Waals surface area contributed by atoms with Gasteiger partial charge in [0.15, 0.2) is 0 Å². The van der Waals surface area contributed by atoms with Gasteiger partial charge in [0.05, 0.1) is 12.7 Å². The number of alkyl halides is 3. The van der Waals surface area contributed by atoms with Crippen molar-refractivity contribution in [2.24, 2.45) is 0 Å². The summed E-state index contributed by atoms with van der Waals surface area (Å²) in [6.07, 6.45) is 3.39. The second-order valence-corrected chi connectivity index (χ2v) is 5.03. The molecule has 0 N–H and O–H groups in total. The molecular weight excluding hydrogens is 261 g/mol. The van der Waals surface area contributed by atoms with Crippen LogP contribution in [0.2, 0.25) is 0 Å². The maximum absolute atomic E-state index is 11.9. The number of halogens is 3. The predicted molar refractivity (Wildman–Crippen MR) is 64.1 cm³/mol. The lowest BCUT2D eigenvalue weighted by atomic mass is 10.0. The van der Waals surface area contributed by atoms with Crippen LogP contribution in [0.3, 0.4) is 0 Å². The Labute approximate surface area is 112 Å². The molecule has 0 amide bonds. The van der Waals surface area contributed by atoms with Crippen molar-refractivity contribution >= 4 is 0 Å². The molecule has 19 heavy (non-hydrogen) atoms. The van der Waals surface area contributed by atoms with Gasteiger partial charge in [-0.2, -0.15) is 13.2 Å². The van der Waals surface area contributed by atoms with Crippen LogP contribution in [0.15, 0.2) is 0 Å². The largest absolute Gasteiger partial charge is 0.389 e. The van der Waals surface area contributed by atoms with Gasteiger partial charge in [-0.25, -0.2) is 9.78 Å². The highest BCUT2D eigenvalue weighted by Gasteiger charge is 2.25. The monoisotopic (exact) mass is 284 g/mol. The average molecular weight is 284 g/mol. The Morgan fingerprint density at radius 1 is 0.895 bits per heavy atom. The first-order chi connectivity index (χ1) is 9.08. The highest BCUT2D eigenvalue weighted by Crippen LogP contribution is 2.23. The Balaban J connectivity index is 1.78. The molecular formula is C13H23F3O3. The van der Waals surface area contributed by atoms with Gasteiger partial charge in [0.1, 0.15) is 0 Å². The van der Waals surface area contributed by atoms with Crippen LogP contribution in [-0.4, -0.2) is 18.9 Å². The molecule has 0 radical (unpaired) electrons. The van der Waals surface area contributed by atoms with Crippen molar-refractivity contribution in [2.45, 2.75) is 76.5 Å². The van der Waals surface area contributed by atoms with Crippen molar-refractivity contribution in [2.75, 3.05) is 6.61 Å². The van der Waals surface area contributed by atoms with Gasteiger partial charge >= 0.3 is 6.18 Å². The molecule has 1 aliphatic rings. The summed E-state index contributed by atoms with van der Waals surface area (Å²) in [7, 11) is 0. The van der Waals surface area contributed by atoms with Crippen molar-refractivity contribution in [3.63, 3.8) is 0 Å². The lowest BCUT2D eigenvalue weighted by Gasteiger charge is -2.19. The third kappa shape index (κ3) is 10.2. The standard InChI is InChI=1S/C13H23F3O3/c14-13(15,16)10-7-5-3-1-2-4-6-8-12-9-11-17-19-18-12/h12H,1-11H2. The van der Waals surface area contributed by atoms with Gasteiger partial charge in [0, 0.05) is 12.8 Å². The maximum atomic E-state index is 11.9. The fourth-order valence-electron chi connectivity index (χ4n) is 2.12. The summed E-state index contributed by atoms with van der Waals surface area (Å²) in [5, 5.41) is 4.44. The van der Waals surface area contributed by atoms with Crippen molar-refractivity contribution in [1.82, 2.24) is 0 Å². The fourth-order valence-corrected chi connectivity index (χ4v) is 2.12. The third-order valence-electron chi connectivity index (χ3n) is 3.23. The Hall–Kier alpha value is -0.330. The van der Waals surface area contributed by atoms with Gasteiger partial charge in [0.25, 0.3) is 0 Å². The summed E-state index contributed by atoms with van der Waals surface area (Å²) in [5.74, 6) is 0. The molecule has 0 aromatic carbocycles. The smallest absolute Gasteiger partial charge is 0.206 e. The molecule has 1 saturated heterocycles. The van der Waals surface area contributed by atoms with Crippen molar-refractivity contribution in [1.29, 1.82) is 0 Å². The number of rotatable bonds is 9. The Morgan fingerprint density at radius 2 is 1.53 bits per heavy atom. The molecule has 0 aromatic heterocycles. The first-order valence-corrected chi connectivity index (χ1v) is 7.09. The van der Waals surface area contributed by atoms with Gasteiger partial charge in [0.2, 0.25) is 0 Å². The zero-order chi connectivity index (χ0) is 14.0. The molecule has 114 valence electrons. The maximum Gasteiger partial charge on any atom is 0.389 e. The van der Waals surface area contributed by atoms with E-state index in [1.165, 1.54) is 0 Å². The van der Waals surface area contributed by atoms with E-state index in [-0.39, 0.29) is 12.5 Å². The minimum Gasteiger partial charge on any atom is -0.206 e. The van der Waals surface area contributed by atoms with Crippen LogP contribution < -0.4 is 0 Å². The lowest BCUT2D eigenvalue weighted by Crippen LogP contribution is -2.21. The van der Waals surface area contributed by atoms with Gasteiger partial charge in [-0.05, 0) is 12.8 Å². The Kier molecular flexibility index (Phi) is 8.41. The highest BCUT2D eigenvalue weighted by atomic mass is 19.4. The van der Waals surface area contributed by atoms with Crippen LogP contribution in [0, 0.1) is 0 Å². The van der Waals surface area contributed by atoms with E-state index < -0.39 is 12.6 Å². The van der Waals surface area contributed by atoms with Crippen LogP contribution in [0.1, 0.15) is 64.2 Å². The second kappa shape index (κ2) is 9.55. The van der Waals surface area contributed by atoms with Crippen molar-refractivity contribution in [3.8, 4) is 0 Å². The zero-order valence-corrected chi connectivity index (χ0v) is 11.2. The molecule has 1 aliphatic heterocycles. The quantitative estimate of drug-likeness (QED) is 0.453. The first kappa shape index (κ1) is 16.7. The van der Waals surface area contributed by atoms with E-state index >= 15 is 0 Å². The minimum atomic E-state index is -3.99. The second-order valence-electron chi connectivity index (χ2n) is 5.03. The zero-order valence-electron chi connectivity index (χ0n) is 11.2.